The van der Waals surface area contributed by atoms with Gasteiger partial charge in [-0.2, -0.15) is 0 Å². The maximum atomic E-state index is 12.3. The largest absolute Gasteiger partial charge is 0.394 e. The zero-order valence-corrected chi connectivity index (χ0v) is 18.0. The number of anilines is 1. The van der Waals surface area contributed by atoms with Gasteiger partial charge in [0.1, 0.15) is 0 Å². The lowest BCUT2D eigenvalue weighted by Gasteiger charge is -2.13. The van der Waals surface area contributed by atoms with Crippen molar-refractivity contribution in [3.8, 4) is 22.5 Å². The van der Waals surface area contributed by atoms with Gasteiger partial charge in [-0.15, -0.1) is 0 Å². The number of rotatable bonds is 8. The first-order valence-electron chi connectivity index (χ1n) is 11.0. The minimum Gasteiger partial charge on any atom is -0.394 e. The van der Waals surface area contributed by atoms with E-state index in [-0.39, 0.29) is 19.1 Å². The summed E-state index contributed by atoms with van der Waals surface area (Å²) in [6.07, 6.45) is 4.88. The number of aliphatic hydroxyl groups excluding tert-OH is 2. The van der Waals surface area contributed by atoms with Crippen molar-refractivity contribution in [2.24, 2.45) is 0 Å². The lowest BCUT2D eigenvalue weighted by Crippen LogP contribution is -2.25. The van der Waals surface area contributed by atoms with Crippen LogP contribution in [-0.4, -0.2) is 55.8 Å². The van der Waals surface area contributed by atoms with E-state index < -0.39 is 6.10 Å². The molecule has 4 N–H and O–H groups in total. The summed E-state index contributed by atoms with van der Waals surface area (Å²) in [5, 5.41) is 25.1. The summed E-state index contributed by atoms with van der Waals surface area (Å²) in [5.41, 5.74) is 4.68. The van der Waals surface area contributed by atoms with Crippen LogP contribution in [0.4, 0.5) is 5.82 Å². The van der Waals surface area contributed by atoms with Crippen molar-refractivity contribution in [1.29, 1.82) is 0 Å². The van der Waals surface area contributed by atoms with Crippen molar-refractivity contribution in [1.82, 2.24) is 19.7 Å². The van der Waals surface area contributed by atoms with E-state index in [9.17, 15) is 9.90 Å². The molecule has 1 aliphatic carbocycles. The zero-order chi connectivity index (χ0) is 22.8. The smallest absolute Gasteiger partial charge is 0.251 e. The number of hydrogen-bond donors (Lipinski definition) is 4. The standard InChI is InChI=1S/C25H25N5O3/c31-15-20(32)12-26-23-24-27-13-22(30(24)14-21(29-23)16-4-2-1-3-5-16)17-6-8-18(9-7-17)25(33)28-19-10-11-19/h1-9,13-14,19-20,31-32H,10-12,15H2,(H,26,29)(H,28,33). The maximum Gasteiger partial charge on any atom is 0.251 e. The molecule has 1 saturated carbocycles. The predicted octanol–water partition coefficient (Wildman–Crippen LogP) is 2.72. The second-order valence-electron chi connectivity index (χ2n) is 8.22. The normalized spacial score (nSPS) is 14.2. The molecular formula is C25H25N5O3. The first kappa shape index (κ1) is 21.1. The number of carbonyl (C=O) groups is 1. The molecule has 2 heterocycles. The van der Waals surface area contributed by atoms with Crippen molar-refractivity contribution >= 4 is 17.4 Å². The fraction of sp³-hybridized carbons (Fsp3) is 0.240. The minimum atomic E-state index is -0.906. The molecule has 1 amide bonds. The van der Waals surface area contributed by atoms with Crippen LogP contribution in [0.5, 0.6) is 0 Å². The van der Waals surface area contributed by atoms with Gasteiger partial charge in [0.25, 0.3) is 5.91 Å². The fourth-order valence-corrected chi connectivity index (χ4v) is 3.64. The van der Waals surface area contributed by atoms with Crippen molar-refractivity contribution in [2.45, 2.75) is 25.0 Å². The third-order valence-corrected chi connectivity index (χ3v) is 5.63. The van der Waals surface area contributed by atoms with Gasteiger partial charge in [0, 0.05) is 35.5 Å². The quantitative estimate of drug-likeness (QED) is 0.333. The van der Waals surface area contributed by atoms with Crippen LogP contribution < -0.4 is 10.6 Å². The fourth-order valence-electron chi connectivity index (χ4n) is 3.64. The lowest BCUT2D eigenvalue weighted by molar-refractivity contribution is 0.0951. The van der Waals surface area contributed by atoms with Gasteiger partial charge in [-0.3, -0.25) is 9.20 Å². The number of nitrogens with zero attached hydrogens (tertiary/aromatic N) is 3. The summed E-state index contributed by atoms with van der Waals surface area (Å²) in [5.74, 6) is 0.460. The van der Waals surface area contributed by atoms with Crippen LogP contribution in [0.15, 0.2) is 67.0 Å². The van der Waals surface area contributed by atoms with Gasteiger partial charge in [0.05, 0.1) is 30.3 Å². The van der Waals surface area contributed by atoms with E-state index in [1.807, 2.05) is 65.2 Å². The van der Waals surface area contributed by atoms with Crippen molar-refractivity contribution < 1.29 is 15.0 Å². The van der Waals surface area contributed by atoms with E-state index in [1.165, 1.54) is 0 Å². The van der Waals surface area contributed by atoms with Crippen LogP contribution in [0.1, 0.15) is 23.2 Å². The molecule has 1 fully saturated rings. The number of imidazole rings is 1. The number of nitrogens with one attached hydrogen (secondary N) is 2. The van der Waals surface area contributed by atoms with Gasteiger partial charge in [0.2, 0.25) is 0 Å². The summed E-state index contributed by atoms with van der Waals surface area (Å²) < 4.78 is 1.95. The van der Waals surface area contributed by atoms with Gasteiger partial charge in [-0.05, 0) is 25.0 Å². The second kappa shape index (κ2) is 9.01. The van der Waals surface area contributed by atoms with E-state index in [0.717, 1.165) is 35.4 Å². The molecule has 1 atom stereocenters. The molecule has 8 nitrogen and oxygen atoms in total. The molecular weight excluding hydrogens is 418 g/mol. The Bertz CT molecular complexity index is 1270. The molecule has 0 bridgehead atoms. The molecule has 0 aliphatic heterocycles. The van der Waals surface area contributed by atoms with Gasteiger partial charge >= 0.3 is 0 Å². The summed E-state index contributed by atoms with van der Waals surface area (Å²) >= 11 is 0. The first-order valence-corrected chi connectivity index (χ1v) is 11.0. The van der Waals surface area contributed by atoms with E-state index in [2.05, 4.69) is 15.6 Å². The van der Waals surface area contributed by atoms with Gasteiger partial charge in [-0.25, -0.2) is 9.97 Å². The zero-order valence-electron chi connectivity index (χ0n) is 18.0. The summed E-state index contributed by atoms with van der Waals surface area (Å²) in [6, 6.07) is 17.6. The van der Waals surface area contributed by atoms with Crippen LogP contribution in [0.25, 0.3) is 28.2 Å². The van der Waals surface area contributed by atoms with Crippen molar-refractivity contribution in [3.63, 3.8) is 0 Å². The summed E-state index contributed by atoms with van der Waals surface area (Å²) in [4.78, 5) is 21.6. The van der Waals surface area contributed by atoms with E-state index >= 15 is 0 Å². The highest BCUT2D eigenvalue weighted by molar-refractivity contribution is 5.95. The number of hydrogen-bond acceptors (Lipinski definition) is 6. The molecule has 1 unspecified atom stereocenters. The Morgan fingerprint density at radius 1 is 1.09 bits per heavy atom. The molecule has 5 rings (SSSR count). The first-order chi connectivity index (χ1) is 16.1. The molecule has 33 heavy (non-hydrogen) atoms. The Kier molecular flexibility index (Phi) is 5.77. The average molecular weight is 444 g/mol. The lowest BCUT2D eigenvalue weighted by atomic mass is 10.1. The number of aliphatic hydroxyl groups is 2. The number of amides is 1. The minimum absolute atomic E-state index is 0.0494. The van der Waals surface area contributed by atoms with E-state index in [0.29, 0.717) is 23.1 Å². The number of fused-ring (bicyclic) bond motifs is 1. The molecule has 1 aliphatic rings. The second-order valence-corrected chi connectivity index (χ2v) is 8.22. The SMILES string of the molecule is O=C(NC1CC1)c1ccc(-c2cnc3c(NCC(O)CO)nc(-c4ccccc4)cn23)cc1. The summed E-state index contributed by atoms with van der Waals surface area (Å²) in [6.45, 7) is -0.202. The number of benzene rings is 2. The van der Waals surface area contributed by atoms with Crippen LogP contribution in [0.3, 0.4) is 0 Å². The van der Waals surface area contributed by atoms with E-state index in [1.54, 1.807) is 6.20 Å². The van der Waals surface area contributed by atoms with Gasteiger partial charge in [0.15, 0.2) is 11.5 Å². The van der Waals surface area contributed by atoms with Crippen LogP contribution in [-0.2, 0) is 0 Å². The number of aromatic nitrogens is 3. The van der Waals surface area contributed by atoms with E-state index in [4.69, 9.17) is 10.1 Å². The highest BCUT2D eigenvalue weighted by Gasteiger charge is 2.23. The molecule has 2 aromatic carbocycles. The molecule has 0 radical (unpaired) electrons. The maximum absolute atomic E-state index is 12.3. The molecule has 2 aromatic heterocycles. The van der Waals surface area contributed by atoms with Crippen molar-refractivity contribution in [3.05, 3.63) is 72.6 Å². The topological polar surface area (TPSA) is 112 Å². The molecule has 8 heteroatoms. The van der Waals surface area contributed by atoms with Gasteiger partial charge < -0.3 is 20.8 Å². The molecule has 0 saturated heterocycles. The molecule has 168 valence electrons. The predicted molar refractivity (Wildman–Crippen MR) is 126 cm³/mol. The Morgan fingerprint density at radius 3 is 2.55 bits per heavy atom. The highest BCUT2D eigenvalue weighted by Crippen LogP contribution is 2.28. The Hall–Kier alpha value is -3.75. The van der Waals surface area contributed by atoms with Crippen LogP contribution in [0.2, 0.25) is 0 Å². The third-order valence-electron chi connectivity index (χ3n) is 5.63. The Balaban J connectivity index is 1.53. The third kappa shape index (κ3) is 4.57. The molecule has 0 spiro atoms. The van der Waals surface area contributed by atoms with Crippen LogP contribution in [0, 0.1) is 0 Å². The average Bonchev–Trinajstić information content (AvgIpc) is 3.57. The highest BCUT2D eigenvalue weighted by atomic mass is 16.3. The van der Waals surface area contributed by atoms with Gasteiger partial charge in [-0.1, -0.05) is 42.5 Å². The summed E-state index contributed by atoms with van der Waals surface area (Å²) in [7, 11) is 0. The monoisotopic (exact) mass is 443 g/mol. The van der Waals surface area contributed by atoms with Crippen LogP contribution >= 0.6 is 0 Å². The van der Waals surface area contributed by atoms with Crippen molar-refractivity contribution in [2.75, 3.05) is 18.5 Å². The molecule has 4 aromatic rings. The number of carbonyl (C=O) groups excluding carboxylic acids is 1. The Labute approximate surface area is 191 Å². The Morgan fingerprint density at radius 2 is 1.85 bits per heavy atom.